The van der Waals surface area contributed by atoms with Crippen LogP contribution in [-0.2, 0) is 19.7 Å². The summed E-state index contributed by atoms with van der Waals surface area (Å²) in [5, 5.41) is 7.47. The highest BCUT2D eigenvalue weighted by molar-refractivity contribution is 8.02. The zero-order valence-electron chi connectivity index (χ0n) is 20.9. The first-order chi connectivity index (χ1) is 16.2. The zero-order chi connectivity index (χ0) is 25.5. The number of thioether (sulfide) groups is 2. The minimum atomic E-state index is -3.49. The summed E-state index contributed by atoms with van der Waals surface area (Å²) < 4.78 is 48.5. The molecule has 4 nitrogen and oxygen atoms in total. The van der Waals surface area contributed by atoms with Crippen LogP contribution in [0.2, 0.25) is 0 Å². The Morgan fingerprint density at radius 3 is 1.29 bits per heavy atom. The molecule has 2 rings (SSSR count). The molecule has 0 fully saturated rings. The molecule has 0 bridgehead atoms. The normalized spacial score (nSPS) is 11.9. The second-order valence-electron chi connectivity index (χ2n) is 7.95. The van der Waals surface area contributed by atoms with E-state index in [1.54, 1.807) is 0 Å². The van der Waals surface area contributed by atoms with E-state index in [1.807, 2.05) is 48.7 Å². The Morgan fingerprint density at radius 2 is 0.941 bits per heavy atom. The lowest BCUT2D eigenvalue weighted by atomic mass is 10.4. The lowest BCUT2D eigenvalue weighted by Gasteiger charge is -2.06. The van der Waals surface area contributed by atoms with Crippen molar-refractivity contribution >= 4 is 65.9 Å². The van der Waals surface area contributed by atoms with Crippen molar-refractivity contribution < 1.29 is 16.8 Å². The number of thiophene rings is 2. The van der Waals surface area contributed by atoms with Gasteiger partial charge in [-0.05, 0) is 37.2 Å². The van der Waals surface area contributed by atoms with E-state index in [0.29, 0.717) is 12.8 Å². The van der Waals surface area contributed by atoms with Crippen molar-refractivity contribution in [2.75, 3.05) is 23.0 Å². The van der Waals surface area contributed by atoms with Crippen LogP contribution in [0.25, 0.3) is 0 Å². The molecular formula is C24H40O4S6. The standard InChI is InChI=1S/C12H20O4S3.C12H20S3/c1-3-5-7-18(13,14)11-9-17-10-12(11)19(15,16)8-6-4-2;1-3-5-7-14-11-9-13-10-12(11)15-8-6-4-2/h9-10H,3-8H2,1-2H3;9-10H,3-8H2,1-2H3. The Morgan fingerprint density at radius 1 is 0.588 bits per heavy atom. The number of rotatable bonds is 16. The molecular weight excluding hydrogens is 545 g/mol. The van der Waals surface area contributed by atoms with Gasteiger partial charge in [0.2, 0.25) is 0 Å². The van der Waals surface area contributed by atoms with Crippen molar-refractivity contribution in [2.24, 2.45) is 0 Å². The second kappa shape index (κ2) is 17.5. The smallest absolute Gasteiger partial charge is 0.180 e. The predicted molar refractivity (Wildman–Crippen MR) is 154 cm³/mol. The van der Waals surface area contributed by atoms with Crippen LogP contribution in [0.3, 0.4) is 0 Å². The van der Waals surface area contributed by atoms with E-state index in [2.05, 4.69) is 24.6 Å². The lowest BCUT2D eigenvalue weighted by Crippen LogP contribution is -2.13. The van der Waals surface area contributed by atoms with E-state index < -0.39 is 19.7 Å². The summed E-state index contributed by atoms with van der Waals surface area (Å²) in [6.07, 6.45) is 7.89. The molecule has 0 spiro atoms. The topological polar surface area (TPSA) is 68.3 Å². The number of hydrogen-bond acceptors (Lipinski definition) is 8. The number of unbranched alkanes of at least 4 members (excludes halogenated alkanes) is 4. The molecule has 0 saturated heterocycles. The third-order valence-corrected chi connectivity index (χ3v) is 13.2. The van der Waals surface area contributed by atoms with Gasteiger partial charge in [-0.15, -0.1) is 34.9 Å². The molecule has 0 saturated carbocycles. The lowest BCUT2D eigenvalue weighted by molar-refractivity contribution is 0.580. The van der Waals surface area contributed by atoms with Gasteiger partial charge in [-0.2, -0.15) is 11.3 Å². The molecule has 0 aliphatic heterocycles. The third kappa shape index (κ3) is 11.4. The summed E-state index contributed by atoms with van der Waals surface area (Å²) in [6, 6.07) is 0. The molecule has 0 aliphatic rings. The van der Waals surface area contributed by atoms with E-state index in [-0.39, 0.29) is 21.3 Å². The van der Waals surface area contributed by atoms with Crippen LogP contribution in [0, 0.1) is 0 Å². The SMILES string of the molecule is CCCCS(=O)(=O)c1cscc1S(=O)(=O)CCCC.CCCCSc1cscc1SCCCC. The van der Waals surface area contributed by atoms with E-state index >= 15 is 0 Å². The molecule has 2 aromatic heterocycles. The molecule has 0 radical (unpaired) electrons. The van der Waals surface area contributed by atoms with Gasteiger partial charge >= 0.3 is 0 Å². The molecule has 0 unspecified atom stereocenters. The van der Waals surface area contributed by atoms with Gasteiger partial charge in [0, 0.05) is 31.3 Å². The van der Waals surface area contributed by atoms with Crippen molar-refractivity contribution in [3.8, 4) is 0 Å². The van der Waals surface area contributed by atoms with Gasteiger partial charge in [0.05, 0.1) is 21.3 Å². The van der Waals surface area contributed by atoms with Crippen LogP contribution in [0.1, 0.15) is 79.1 Å². The van der Waals surface area contributed by atoms with Gasteiger partial charge in [-0.25, -0.2) is 16.8 Å². The van der Waals surface area contributed by atoms with Crippen molar-refractivity contribution in [1.29, 1.82) is 0 Å². The summed E-state index contributed by atoms with van der Waals surface area (Å²) in [4.78, 5) is 2.99. The quantitative estimate of drug-likeness (QED) is 0.146. The Kier molecular flexibility index (Phi) is 16.4. The fraction of sp³-hybridized carbons (Fsp3) is 0.667. The van der Waals surface area contributed by atoms with Crippen LogP contribution < -0.4 is 0 Å². The molecule has 0 atom stereocenters. The summed E-state index contributed by atoms with van der Waals surface area (Å²) in [6.45, 7) is 8.32. The summed E-state index contributed by atoms with van der Waals surface area (Å²) in [5.41, 5.74) is 0. The summed E-state index contributed by atoms with van der Waals surface area (Å²) in [7, 11) is -6.97. The van der Waals surface area contributed by atoms with Gasteiger partial charge in [-0.3, -0.25) is 0 Å². The molecule has 34 heavy (non-hydrogen) atoms. The van der Waals surface area contributed by atoms with Crippen molar-refractivity contribution in [3.05, 3.63) is 21.5 Å². The molecule has 2 aromatic rings. The first-order valence-corrected chi connectivity index (χ1v) is 19.2. The summed E-state index contributed by atoms with van der Waals surface area (Å²) >= 11 is 7.02. The average Bonchev–Trinajstić information content (AvgIpc) is 3.48. The fourth-order valence-electron chi connectivity index (χ4n) is 2.75. The highest BCUT2D eigenvalue weighted by atomic mass is 32.2. The molecule has 0 aromatic carbocycles. The molecule has 0 N–H and O–H groups in total. The number of hydrogen-bond donors (Lipinski definition) is 0. The highest BCUT2D eigenvalue weighted by Crippen LogP contribution is 2.35. The van der Waals surface area contributed by atoms with Gasteiger partial charge in [0.25, 0.3) is 0 Å². The maximum Gasteiger partial charge on any atom is 0.180 e. The van der Waals surface area contributed by atoms with E-state index in [1.165, 1.54) is 57.7 Å². The second-order valence-corrected chi connectivity index (χ2v) is 15.9. The van der Waals surface area contributed by atoms with Crippen LogP contribution in [-0.4, -0.2) is 39.8 Å². The van der Waals surface area contributed by atoms with Crippen LogP contribution in [0.5, 0.6) is 0 Å². The average molecular weight is 585 g/mol. The van der Waals surface area contributed by atoms with Gasteiger partial charge < -0.3 is 0 Å². The van der Waals surface area contributed by atoms with Gasteiger partial charge in [0.15, 0.2) is 19.7 Å². The molecule has 10 heteroatoms. The number of sulfone groups is 2. The summed E-state index contributed by atoms with van der Waals surface area (Å²) in [5.74, 6) is 2.57. The predicted octanol–water partition coefficient (Wildman–Crippen LogP) is 8.43. The maximum absolute atomic E-state index is 12.1. The minimum absolute atomic E-state index is 0.0104. The van der Waals surface area contributed by atoms with Crippen molar-refractivity contribution in [3.63, 3.8) is 0 Å². The maximum atomic E-state index is 12.1. The van der Waals surface area contributed by atoms with Crippen molar-refractivity contribution in [1.82, 2.24) is 0 Å². The Labute approximate surface area is 224 Å². The van der Waals surface area contributed by atoms with Crippen LogP contribution >= 0.6 is 46.2 Å². The minimum Gasteiger partial charge on any atom is -0.224 e. The zero-order valence-corrected chi connectivity index (χ0v) is 25.8. The molecule has 0 amide bonds. The largest absolute Gasteiger partial charge is 0.224 e. The van der Waals surface area contributed by atoms with Crippen LogP contribution in [0.4, 0.5) is 0 Å². The Balaban J connectivity index is 0.000000350. The van der Waals surface area contributed by atoms with E-state index in [9.17, 15) is 16.8 Å². The molecule has 196 valence electrons. The Hall–Kier alpha value is -0.000000000000000222. The van der Waals surface area contributed by atoms with E-state index in [0.717, 1.165) is 24.2 Å². The Bertz CT molecular complexity index is 929. The highest BCUT2D eigenvalue weighted by Gasteiger charge is 2.26. The van der Waals surface area contributed by atoms with Gasteiger partial charge in [0.1, 0.15) is 0 Å². The fourth-order valence-corrected chi connectivity index (χ4v) is 11.9. The monoisotopic (exact) mass is 584 g/mol. The van der Waals surface area contributed by atoms with Crippen LogP contribution in [0.15, 0.2) is 41.1 Å². The third-order valence-electron chi connectivity index (χ3n) is 4.90. The molecule has 2 heterocycles. The first-order valence-electron chi connectivity index (χ1n) is 12.1. The first kappa shape index (κ1) is 32.0. The molecule has 0 aliphatic carbocycles. The van der Waals surface area contributed by atoms with E-state index in [4.69, 9.17) is 0 Å². The van der Waals surface area contributed by atoms with Gasteiger partial charge in [-0.1, -0.05) is 53.4 Å². The van der Waals surface area contributed by atoms with Crippen molar-refractivity contribution in [2.45, 2.75) is 98.6 Å².